The zero-order chi connectivity index (χ0) is 10.8. The van der Waals surface area contributed by atoms with E-state index in [0.717, 1.165) is 23.3 Å². The topological polar surface area (TPSA) is 38.3 Å². The number of amides is 1. The summed E-state index contributed by atoms with van der Waals surface area (Å²) in [6, 6.07) is 5.64. The molecule has 1 aromatic carbocycles. The van der Waals surface area contributed by atoms with Gasteiger partial charge in [0.15, 0.2) is 0 Å². The van der Waals surface area contributed by atoms with Crippen LogP contribution in [0.25, 0.3) is 0 Å². The lowest BCUT2D eigenvalue weighted by Crippen LogP contribution is -2.22. The molecule has 80 valence electrons. The summed E-state index contributed by atoms with van der Waals surface area (Å²) in [5.41, 5.74) is 1.95. The van der Waals surface area contributed by atoms with Gasteiger partial charge in [-0.15, -0.1) is 11.6 Å². The number of alkyl halides is 1. The van der Waals surface area contributed by atoms with Crippen molar-refractivity contribution in [2.45, 2.75) is 11.8 Å². The largest absolute Gasteiger partial charge is 0.493 e. The number of carbonyl (C=O) groups excluding carboxylic acids is 1. The van der Waals surface area contributed by atoms with Crippen LogP contribution >= 0.6 is 11.6 Å². The second kappa shape index (κ2) is 4.11. The summed E-state index contributed by atoms with van der Waals surface area (Å²) in [6.45, 7) is 0.714. The van der Waals surface area contributed by atoms with E-state index in [9.17, 15) is 4.79 Å². The molecule has 2 rings (SSSR count). The fourth-order valence-electron chi connectivity index (χ4n) is 1.64. The van der Waals surface area contributed by atoms with Crippen LogP contribution in [-0.2, 0) is 11.2 Å². The third kappa shape index (κ3) is 1.92. The Kier molecular flexibility index (Phi) is 2.82. The molecule has 0 spiro atoms. The van der Waals surface area contributed by atoms with Crippen LogP contribution in [0.2, 0.25) is 0 Å². The van der Waals surface area contributed by atoms with E-state index in [1.165, 1.54) is 0 Å². The molecule has 0 fully saturated rings. The molecule has 0 aliphatic carbocycles. The third-order valence-electron chi connectivity index (χ3n) is 2.48. The SMILES string of the molecule is CNC(=O)C(Cl)c1ccc2c(c1)CCO2. The predicted molar refractivity (Wildman–Crippen MR) is 58.3 cm³/mol. The van der Waals surface area contributed by atoms with Crippen molar-refractivity contribution in [2.24, 2.45) is 0 Å². The quantitative estimate of drug-likeness (QED) is 0.778. The molecule has 15 heavy (non-hydrogen) atoms. The Morgan fingerprint density at radius 3 is 3.13 bits per heavy atom. The molecule has 0 bridgehead atoms. The number of rotatable bonds is 2. The molecule has 1 N–H and O–H groups in total. The van der Waals surface area contributed by atoms with E-state index in [1.807, 2.05) is 18.2 Å². The van der Waals surface area contributed by atoms with Gasteiger partial charge in [0.1, 0.15) is 11.1 Å². The van der Waals surface area contributed by atoms with Crippen molar-refractivity contribution in [3.05, 3.63) is 29.3 Å². The fraction of sp³-hybridized carbons (Fsp3) is 0.364. The van der Waals surface area contributed by atoms with Gasteiger partial charge in [0, 0.05) is 13.5 Å². The van der Waals surface area contributed by atoms with Crippen LogP contribution in [0.1, 0.15) is 16.5 Å². The van der Waals surface area contributed by atoms with E-state index < -0.39 is 5.38 Å². The summed E-state index contributed by atoms with van der Waals surface area (Å²) in [6.07, 6.45) is 0.889. The van der Waals surface area contributed by atoms with Gasteiger partial charge in [-0.1, -0.05) is 6.07 Å². The number of halogens is 1. The molecule has 3 nitrogen and oxygen atoms in total. The summed E-state index contributed by atoms with van der Waals surface area (Å²) >= 11 is 6.01. The predicted octanol–water partition coefficient (Wildman–Crippen LogP) is 1.65. The summed E-state index contributed by atoms with van der Waals surface area (Å²) in [5, 5.41) is 1.90. The zero-order valence-corrected chi connectivity index (χ0v) is 9.17. The van der Waals surface area contributed by atoms with Crippen LogP contribution in [0.4, 0.5) is 0 Å². The fourth-order valence-corrected chi connectivity index (χ4v) is 1.89. The number of carbonyl (C=O) groups is 1. The van der Waals surface area contributed by atoms with E-state index in [-0.39, 0.29) is 5.91 Å². The van der Waals surface area contributed by atoms with Gasteiger partial charge in [-0.05, 0) is 23.3 Å². The number of likely N-dealkylation sites (N-methyl/N-ethyl adjacent to an activating group) is 1. The molecule has 0 radical (unpaired) electrons. The first-order valence-corrected chi connectivity index (χ1v) is 5.27. The molecule has 1 aliphatic rings. The van der Waals surface area contributed by atoms with Gasteiger partial charge in [0.25, 0.3) is 0 Å². The van der Waals surface area contributed by atoms with Crippen molar-refractivity contribution < 1.29 is 9.53 Å². The summed E-state index contributed by atoms with van der Waals surface area (Å²) in [4.78, 5) is 11.3. The molecular formula is C11H12ClNO2. The number of hydrogen-bond donors (Lipinski definition) is 1. The third-order valence-corrected chi connectivity index (χ3v) is 2.93. The molecule has 0 saturated carbocycles. The molecule has 0 aromatic heterocycles. The minimum atomic E-state index is -0.624. The average Bonchev–Trinajstić information content (AvgIpc) is 2.73. The molecule has 0 saturated heterocycles. The Bertz CT molecular complexity index is 392. The van der Waals surface area contributed by atoms with Crippen LogP contribution in [-0.4, -0.2) is 19.6 Å². The van der Waals surface area contributed by atoms with Crippen molar-refractivity contribution in [1.82, 2.24) is 5.32 Å². The highest BCUT2D eigenvalue weighted by molar-refractivity contribution is 6.30. The Hall–Kier alpha value is -1.22. The molecule has 1 aromatic rings. The van der Waals surface area contributed by atoms with Crippen LogP contribution < -0.4 is 10.1 Å². The van der Waals surface area contributed by atoms with Gasteiger partial charge < -0.3 is 10.1 Å². The maximum absolute atomic E-state index is 11.3. The molecule has 4 heteroatoms. The first-order chi connectivity index (χ1) is 7.22. The van der Waals surface area contributed by atoms with Gasteiger partial charge >= 0.3 is 0 Å². The van der Waals surface area contributed by atoms with Crippen molar-refractivity contribution in [2.75, 3.05) is 13.7 Å². The highest BCUT2D eigenvalue weighted by Gasteiger charge is 2.19. The van der Waals surface area contributed by atoms with Crippen molar-refractivity contribution >= 4 is 17.5 Å². The van der Waals surface area contributed by atoms with E-state index in [1.54, 1.807) is 7.05 Å². The molecular weight excluding hydrogens is 214 g/mol. The standard InChI is InChI=1S/C11H12ClNO2/c1-13-11(14)10(12)8-2-3-9-7(6-8)4-5-15-9/h2-3,6,10H,4-5H2,1H3,(H,13,14). The minimum absolute atomic E-state index is 0.185. The second-order valence-corrected chi connectivity index (χ2v) is 3.88. The Labute approximate surface area is 93.4 Å². The Morgan fingerprint density at radius 2 is 2.40 bits per heavy atom. The molecule has 1 heterocycles. The second-order valence-electron chi connectivity index (χ2n) is 3.44. The zero-order valence-electron chi connectivity index (χ0n) is 8.42. The Morgan fingerprint density at radius 1 is 1.60 bits per heavy atom. The van der Waals surface area contributed by atoms with Gasteiger partial charge in [-0.25, -0.2) is 0 Å². The number of fused-ring (bicyclic) bond motifs is 1. The average molecular weight is 226 g/mol. The van der Waals surface area contributed by atoms with Crippen LogP contribution in [0.5, 0.6) is 5.75 Å². The maximum Gasteiger partial charge on any atom is 0.242 e. The molecule has 1 unspecified atom stereocenters. The lowest BCUT2D eigenvalue weighted by molar-refractivity contribution is -0.120. The number of benzene rings is 1. The minimum Gasteiger partial charge on any atom is -0.493 e. The van der Waals surface area contributed by atoms with Crippen LogP contribution in [0, 0.1) is 0 Å². The first-order valence-electron chi connectivity index (χ1n) is 4.83. The molecule has 1 amide bonds. The Balaban J connectivity index is 2.26. The number of ether oxygens (including phenoxy) is 1. The van der Waals surface area contributed by atoms with Crippen molar-refractivity contribution in [3.8, 4) is 5.75 Å². The number of nitrogens with one attached hydrogen (secondary N) is 1. The van der Waals surface area contributed by atoms with E-state index in [0.29, 0.717) is 6.61 Å². The monoisotopic (exact) mass is 225 g/mol. The van der Waals surface area contributed by atoms with Gasteiger partial charge in [0.2, 0.25) is 5.91 Å². The van der Waals surface area contributed by atoms with Gasteiger partial charge in [-0.3, -0.25) is 4.79 Å². The lowest BCUT2D eigenvalue weighted by atomic mass is 10.1. The van der Waals surface area contributed by atoms with Gasteiger partial charge in [0.05, 0.1) is 6.61 Å². The van der Waals surface area contributed by atoms with E-state index >= 15 is 0 Å². The van der Waals surface area contributed by atoms with Crippen molar-refractivity contribution in [1.29, 1.82) is 0 Å². The first kappa shape index (κ1) is 10.3. The van der Waals surface area contributed by atoms with Crippen LogP contribution in [0.15, 0.2) is 18.2 Å². The smallest absolute Gasteiger partial charge is 0.242 e. The molecule has 1 aliphatic heterocycles. The normalized spacial score (nSPS) is 15.3. The van der Waals surface area contributed by atoms with E-state index in [4.69, 9.17) is 16.3 Å². The molecule has 1 atom stereocenters. The summed E-state index contributed by atoms with van der Waals surface area (Å²) in [5.74, 6) is 0.718. The number of hydrogen-bond acceptors (Lipinski definition) is 2. The van der Waals surface area contributed by atoms with Crippen LogP contribution in [0.3, 0.4) is 0 Å². The highest BCUT2D eigenvalue weighted by atomic mass is 35.5. The van der Waals surface area contributed by atoms with Crippen molar-refractivity contribution in [3.63, 3.8) is 0 Å². The van der Waals surface area contributed by atoms with Gasteiger partial charge in [-0.2, -0.15) is 0 Å². The summed E-state index contributed by atoms with van der Waals surface area (Å²) in [7, 11) is 1.58. The van der Waals surface area contributed by atoms with E-state index in [2.05, 4.69) is 5.32 Å². The summed E-state index contributed by atoms with van der Waals surface area (Å²) < 4.78 is 5.38. The lowest BCUT2D eigenvalue weighted by Gasteiger charge is -2.09. The highest BCUT2D eigenvalue weighted by Crippen LogP contribution is 2.30. The maximum atomic E-state index is 11.3.